The van der Waals surface area contributed by atoms with Gasteiger partial charge in [0, 0.05) is 29.3 Å². The minimum absolute atomic E-state index is 0.191. The van der Waals surface area contributed by atoms with Crippen LogP contribution in [-0.2, 0) is 4.74 Å². The smallest absolute Gasteiger partial charge is 0.120 e. The third-order valence-corrected chi connectivity index (χ3v) is 4.17. The average Bonchev–Trinajstić information content (AvgIpc) is 3.25. The SMILES string of the molecule is CCC(NCCCOCC1CC1)c1cc(Br)ccc1O. The third-order valence-electron chi connectivity index (χ3n) is 3.68. The highest BCUT2D eigenvalue weighted by atomic mass is 79.9. The lowest BCUT2D eigenvalue weighted by Crippen LogP contribution is -2.23. The molecule has 0 spiro atoms. The molecular weight excluding hydrogens is 318 g/mol. The van der Waals surface area contributed by atoms with Gasteiger partial charge in [-0.1, -0.05) is 22.9 Å². The van der Waals surface area contributed by atoms with Gasteiger partial charge in [-0.15, -0.1) is 0 Å². The summed E-state index contributed by atoms with van der Waals surface area (Å²) < 4.78 is 6.62. The van der Waals surface area contributed by atoms with E-state index in [0.29, 0.717) is 5.75 Å². The van der Waals surface area contributed by atoms with Gasteiger partial charge in [0.2, 0.25) is 0 Å². The lowest BCUT2D eigenvalue weighted by molar-refractivity contribution is 0.121. The minimum atomic E-state index is 0.191. The Hall–Kier alpha value is -0.580. The predicted molar refractivity (Wildman–Crippen MR) is 85.0 cm³/mol. The summed E-state index contributed by atoms with van der Waals surface area (Å²) in [5.74, 6) is 1.20. The van der Waals surface area contributed by atoms with Crippen molar-refractivity contribution in [2.45, 2.75) is 38.6 Å². The van der Waals surface area contributed by atoms with E-state index in [0.717, 1.165) is 48.6 Å². The summed E-state index contributed by atoms with van der Waals surface area (Å²) in [6.07, 6.45) is 4.65. The van der Waals surface area contributed by atoms with Crippen molar-refractivity contribution >= 4 is 15.9 Å². The second-order valence-electron chi connectivity index (χ2n) is 5.49. The Balaban J connectivity index is 1.72. The molecule has 0 radical (unpaired) electrons. The van der Waals surface area contributed by atoms with E-state index in [9.17, 15) is 5.11 Å². The summed E-state index contributed by atoms with van der Waals surface area (Å²) in [4.78, 5) is 0. The molecular formula is C16H24BrNO2. The van der Waals surface area contributed by atoms with Gasteiger partial charge in [0.25, 0.3) is 0 Å². The summed E-state index contributed by atoms with van der Waals surface area (Å²) in [6, 6.07) is 5.77. The van der Waals surface area contributed by atoms with Crippen LogP contribution in [-0.4, -0.2) is 24.9 Å². The van der Waals surface area contributed by atoms with Gasteiger partial charge in [0.05, 0.1) is 0 Å². The molecule has 4 heteroatoms. The second kappa shape index (κ2) is 8.01. The van der Waals surface area contributed by atoms with Crippen LogP contribution < -0.4 is 5.32 Å². The van der Waals surface area contributed by atoms with E-state index >= 15 is 0 Å². The molecule has 2 rings (SSSR count). The summed E-state index contributed by atoms with van der Waals surface area (Å²) >= 11 is 3.46. The van der Waals surface area contributed by atoms with E-state index in [4.69, 9.17) is 4.74 Å². The first-order valence-electron chi connectivity index (χ1n) is 7.50. The molecule has 0 aliphatic heterocycles. The average molecular weight is 342 g/mol. The first kappa shape index (κ1) is 15.8. The van der Waals surface area contributed by atoms with Crippen molar-refractivity contribution < 1.29 is 9.84 Å². The highest BCUT2D eigenvalue weighted by molar-refractivity contribution is 9.10. The zero-order chi connectivity index (χ0) is 14.4. The Morgan fingerprint density at radius 1 is 1.45 bits per heavy atom. The van der Waals surface area contributed by atoms with Crippen molar-refractivity contribution in [3.05, 3.63) is 28.2 Å². The van der Waals surface area contributed by atoms with Crippen molar-refractivity contribution in [3.8, 4) is 5.75 Å². The molecule has 2 N–H and O–H groups in total. The molecule has 1 aromatic rings. The Morgan fingerprint density at radius 2 is 2.25 bits per heavy atom. The molecule has 1 aromatic carbocycles. The number of benzene rings is 1. The van der Waals surface area contributed by atoms with Crippen LogP contribution in [0.3, 0.4) is 0 Å². The molecule has 1 unspecified atom stereocenters. The molecule has 1 atom stereocenters. The van der Waals surface area contributed by atoms with Crippen molar-refractivity contribution in [2.24, 2.45) is 5.92 Å². The highest BCUT2D eigenvalue weighted by Crippen LogP contribution is 2.30. The number of rotatable bonds is 9. The van der Waals surface area contributed by atoms with Gasteiger partial charge < -0.3 is 15.2 Å². The Labute approximate surface area is 129 Å². The van der Waals surface area contributed by atoms with Gasteiger partial charge in [-0.2, -0.15) is 0 Å². The minimum Gasteiger partial charge on any atom is -0.508 e. The number of aromatic hydroxyl groups is 1. The largest absolute Gasteiger partial charge is 0.508 e. The van der Waals surface area contributed by atoms with Crippen molar-refractivity contribution in [2.75, 3.05) is 19.8 Å². The number of hydrogen-bond acceptors (Lipinski definition) is 3. The number of nitrogens with one attached hydrogen (secondary N) is 1. The molecule has 0 saturated heterocycles. The van der Waals surface area contributed by atoms with Crippen LogP contribution in [0.4, 0.5) is 0 Å². The Bertz CT molecular complexity index is 421. The number of phenolic OH excluding ortho intramolecular Hbond substituents is 1. The maximum Gasteiger partial charge on any atom is 0.120 e. The van der Waals surface area contributed by atoms with Crippen molar-refractivity contribution in [3.63, 3.8) is 0 Å². The lowest BCUT2D eigenvalue weighted by Gasteiger charge is -2.19. The zero-order valence-corrected chi connectivity index (χ0v) is 13.7. The normalized spacial score (nSPS) is 16.3. The molecule has 0 amide bonds. The summed E-state index contributed by atoms with van der Waals surface area (Å²) in [5.41, 5.74) is 0.959. The molecule has 0 heterocycles. The van der Waals surface area contributed by atoms with E-state index in [1.54, 1.807) is 6.07 Å². The third kappa shape index (κ3) is 5.08. The fourth-order valence-electron chi connectivity index (χ4n) is 2.26. The van der Waals surface area contributed by atoms with E-state index in [2.05, 4.69) is 28.2 Å². The predicted octanol–water partition coefficient (Wildman–Crippen LogP) is 4.01. The van der Waals surface area contributed by atoms with Crippen LogP contribution in [0.2, 0.25) is 0 Å². The Morgan fingerprint density at radius 3 is 2.95 bits per heavy atom. The van der Waals surface area contributed by atoms with E-state index in [1.807, 2.05) is 12.1 Å². The molecule has 1 aliphatic rings. The van der Waals surface area contributed by atoms with Crippen LogP contribution in [0.1, 0.15) is 44.2 Å². The van der Waals surface area contributed by atoms with Gasteiger partial charge in [-0.25, -0.2) is 0 Å². The molecule has 112 valence electrons. The maximum absolute atomic E-state index is 9.96. The topological polar surface area (TPSA) is 41.5 Å². The fraction of sp³-hybridized carbons (Fsp3) is 0.625. The first-order valence-corrected chi connectivity index (χ1v) is 8.29. The Kier molecular flexibility index (Phi) is 6.33. The number of phenols is 1. The second-order valence-corrected chi connectivity index (χ2v) is 6.41. The van der Waals surface area contributed by atoms with Gasteiger partial charge in [0.1, 0.15) is 5.75 Å². The fourth-order valence-corrected chi connectivity index (χ4v) is 2.64. The van der Waals surface area contributed by atoms with Crippen LogP contribution in [0.5, 0.6) is 5.75 Å². The van der Waals surface area contributed by atoms with Gasteiger partial charge in [-0.05, 0) is 56.3 Å². The van der Waals surface area contributed by atoms with Crippen LogP contribution in [0.15, 0.2) is 22.7 Å². The maximum atomic E-state index is 9.96. The summed E-state index contributed by atoms with van der Waals surface area (Å²) in [6.45, 7) is 4.80. The van der Waals surface area contributed by atoms with E-state index in [1.165, 1.54) is 12.8 Å². The van der Waals surface area contributed by atoms with Crippen LogP contribution >= 0.6 is 15.9 Å². The monoisotopic (exact) mass is 341 g/mol. The van der Waals surface area contributed by atoms with Gasteiger partial charge in [-0.3, -0.25) is 0 Å². The summed E-state index contributed by atoms with van der Waals surface area (Å²) in [7, 11) is 0. The highest BCUT2D eigenvalue weighted by Gasteiger charge is 2.20. The van der Waals surface area contributed by atoms with Crippen LogP contribution in [0, 0.1) is 5.92 Å². The standard InChI is InChI=1S/C16H24BrNO2/c1-2-15(14-10-13(17)6-7-16(14)19)18-8-3-9-20-11-12-4-5-12/h6-7,10,12,15,18-19H,2-5,8-9,11H2,1H3. The molecule has 3 nitrogen and oxygen atoms in total. The molecule has 1 aliphatic carbocycles. The number of halogens is 1. The molecule has 20 heavy (non-hydrogen) atoms. The van der Waals surface area contributed by atoms with Crippen LogP contribution in [0.25, 0.3) is 0 Å². The van der Waals surface area contributed by atoms with Gasteiger partial charge in [0.15, 0.2) is 0 Å². The molecule has 1 saturated carbocycles. The molecule has 0 bridgehead atoms. The van der Waals surface area contributed by atoms with Crippen molar-refractivity contribution in [1.82, 2.24) is 5.32 Å². The number of ether oxygens (including phenoxy) is 1. The van der Waals surface area contributed by atoms with E-state index < -0.39 is 0 Å². The number of hydrogen-bond donors (Lipinski definition) is 2. The lowest BCUT2D eigenvalue weighted by atomic mass is 10.0. The molecule has 1 fully saturated rings. The quantitative estimate of drug-likeness (QED) is 0.666. The molecule has 0 aromatic heterocycles. The van der Waals surface area contributed by atoms with Crippen molar-refractivity contribution in [1.29, 1.82) is 0 Å². The first-order chi connectivity index (χ1) is 9.70. The van der Waals surface area contributed by atoms with Gasteiger partial charge >= 0.3 is 0 Å². The van der Waals surface area contributed by atoms with E-state index in [-0.39, 0.29) is 6.04 Å². The zero-order valence-electron chi connectivity index (χ0n) is 12.1. The summed E-state index contributed by atoms with van der Waals surface area (Å²) in [5, 5.41) is 13.5.